The molecule has 74 valence electrons. The van der Waals surface area contributed by atoms with E-state index < -0.39 is 0 Å². The van der Waals surface area contributed by atoms with E-state index in [0.717, 1.165) is 16.1 Å². The lowest BCUT2D eigenvalue weighted by Crippen LogP contribution is -1.78. The molecule has 2 aromatic rings. The highest BCUT2D eigenvalue weighted by molar-refractivity contribution is 7.80. The lowest BCUT2D eigenvalue weighted by molar-refractivity contribution is 1.46. The molecule has 0 amide bonds. The van der Waals surface area contributed by atoms with Crippen LogP contribution in [0.2, 0.25) is 0 Å². The molecule has 1 nitrogen and oxygen atoms in total. The van der Waals surface area contributed by atoms with E-state index in [0.29, 0.717) is 0 Å². The van der Waals surface area contributed by atoms with E-state index in [4.69, 9.17) is 0 Å². The first-order chi connectivity index (χ1) is 7.34. The number of nitrogens with zero attached hydrogens (tertiary/aromatic N) is 1. The second-order valence-electron chi connectivity index (χ2n) is 3.19. The summed E-state index contributed by atoms with van der Waals surface area (Å²) in [6.07, 6.45) is 1.85. The molecule has 2 rings (SSSR count). The van der Waals surface area contributed by atoms with Crippen molar-refractivity contribution in [1.82, 2.24) is 0 Å². The van der Waals surface area contributed by atoms with Crippen molar-refractivity contribution in [3.63, 3.8) is 0 Å². The first-order valence-corrected chi connectivity index (χ1v) is 5.17. The zero-order valence-electron chi connectivity index (χ0n) is 8.17. The SMILES string of the molecule is Sc1ccc(C=Nc2ccccc2)cc1. The molecule has 0 aliphatic heterocycles. The topological polar surface area (TPSA) is 12.4 Å². The van der Waals surface area contributed by atoms with Crippen molar-refractivity contribution in [1.29, 1.82) is 0 Å². The Morgan fingerprint density at radius 1 is 0.867 bits per heavy atom. The molecule has 2 aromatic carbocycles. The highest BCUT2D eigenvalue weighted by Crippen LogP contribution is 2.11. The summed E-state index contributed by atoms with van der Waals surface area (Å²) in [5.74, 6) is 0. The summed E-state index contributed by atoms with van der Waals surface area (Å²) in [4.78, 5) is 5.32. The van der Waals surface area contributed by atoms with Crippen LogP contribution in [-0.2, 0) is 0 Å². The van der Waals surface area contributed by atoms with E-state index >= 15 is 0 Å². The fourth-order valence-corrected chi connectivity index (χ4v) is 1.37. The molecule has 0 N–H and O–H groups in total. The molecule has 0 aromatic heterocycles. The molecule has 0 saturated heterocycles. The maximum absolute atomic E-state index is 4.36. The van der Waals surface area contributed by atoms with Crippen LogP contribution in [0.5, 0.6) is 0 Å². The van der Waals surface area contributed by atoms with Gasteiger partial charge in [-0.05, 0) is 29.8 Å². The number of thiol groups is 1. The molecule has 0 saturated carbocycles. The number of para-hydroxylation sites is 1. The quantitative estimate of drug-likeness (QED) is 0.576. The van der Waals surface area contributed by atoms with Crippen LogP contribution in [0.15, 0.2) is 64.5 Å². The smallest absolute Gasteiger partial charge is 0.0629 e. The first kappa shape index (κ1) is 9.99. The average Bonchev–Trinajstić information content (AvgIpc) is 2.30. The number of hydrogen-bond donors (Lipinski definition) is 1. The highest BCUT2D eigenvalue weighted by atomic mass is 32.1. The first-order valence-electron chi connectivity index (χ1n) is 4.73. The van der Waals surface area contributed by atoms with Crippen molar-refractivity contribution >= 4 is 24.5 Å². The molecular weight excluding hydrogens is 202 g/mol. The van der Waals surface area contributed by atoms with E-state index in [-0.39, 0.29) is 0 Å². The molecule has 0 aliphatic rings. The summed E-state index contributed by atoms with van der Waals surface area (Å²) >= 11 is 4.23. The van der Waals surface area contributed by atoms with Gasteiger partial charge in [0, 0.05) is 11.1 Å². The summed E-state index contributed by atoms with van der Waals surface area (Å²) in [5.41, 5.74) is 2.05. The molecule has 0 spiro atoms. The fourth-order valence-electron chi connectivity index (χ4n) is 1.22. The van der Waals surface area contributed by atoms with E-state index in [9.17, 15) is 0 Å². The van der Waals surface area contributed by atoms with Crippen LogP contribution in [0.25, 0.3) is 0 Å². The van der Waals surface area contributed by atoms with Gasteiger partial charge in [0.15, 0.2) is 0 Å². The largest absolute Gasteiger partial charge is 0.256 e. The molecule has 0 heterocycles. The van der Waals surface area contributed by atoms with Crippen LogP contribution >= 0.6 is 12.6 Å². The molecule has 0 atom stereocenters. The van der Waals surface area contributed by atoms with Crippen LogP contribution in [0.1, 0.15) is 5.56 Å². The number of benzene rings is 2. The van der Waals surface area contributed by atoms with Crippen molar-refractivity contribution in [3.8, 4) is 0 Å². The van der Waals surface area contributed by atoms with Crippen LogP contribution in [-0.4, -0.2) is 6.21 Å². The van der Waals surface area contributed by atoms with Gasteiger partial charge < -0.3 is 0 Å². The predicted octanol–water partition coefficient (Wildman–Crippen LogP) is 3.73. The van der Waals surface area contributed by atoms with Gasteiger partial charge in [0.25, 0.3) is 0 Å². The molecule has 0 unspecified atom stereocenters. The Bertz CT molecular complexity index is 446. The Balaban J connectivity index is 2.15. The van der Waals surface area contributed by atoms with Gasteiger partial charge in [0.05, 0.1) is 5.69 Å². The van der Waals surface area contributed by atoms with Crippen molar-refractivity contribution < 1.29 is 0 Å². The van der Waals surface area contributed by atoms with Crippen molar-refractivity contribution in [2.24, 2.45) is 4.99 Å². The Kier molecular flexibility index (Phi) is 3.20. The summed E-state index contributed by atoms with van der Waals surface area (Å²) in [7, 11) is 0. The van der Waals surface area contributed by atoms with E-state index in [1.54, 1.807) is 0 Å². The molecule has 15 heavy (non-hydrogen) atoms. The fraction of sp³-hybridized carbons (Fsp3) is 0. The standard InChI is InChI=1S/C13H11NS/c15-13-8-6-11(7-9-13)10-14-12-4-2-1-3-5-12/h1-10,15H. The maximum Gasteiger partial charge on any atom is 0.0629 e. The van der Waals surface area contributed by atoms with Gasteiger partial charge >= 0.3 is 0 Å². The van der Waals surface area contributed by atoms with Crippen molar-refractivity contribution in [3.05, 3.63) is 60.2 Å². The molecule has 0 bridgehead atoms. The normalized spacial score (nSPS) is 10.7. The van der Waals surface area contributed by atoms with Crippen LogP contribution < -0.4 is 0 Å². The summed E-state index contributed by atoms with van der Waals surface area (Å²) in [6, 6.07) is 17.8. The van der Waals surface area contributed by atoms with Gasteiger partial charge in [0.2, 0.25) is 0 Å². The zero-order valence-corrected chi connectivity index (χ0v) is 9.06. The molecule has 2 heteroatoms. The summed E-state index contributed by atoms with van der Waals surface area (Å²) < 4.78 is 0. The third-order valence-corrected chi connectivity index (χ3v) is 2.31. The van der Waals surface area contributed by atoms with Crippen LogP contribution in [0, 0.1) is 0 Å². The highest BCUT2D eigenvalue weighted by Gasteiger charge is 1.88. The molecule has 0 aliphatic carbocycles. The van der Waals surface area contributed by atoms with Crippen LogP contribution in [0.3, 0.4) is 0 Å². The number of aliphatic imine (C=N–C) groups is 1. The lowest BCUT2D eigenvalue weighted by atomic mass is 10.2. The Morgan fingerprint density at radius 2 is 1.53 bits per heavy atom. The predicted molar refractivity (Wildman–Crippen MR) is 67.4 cm³/mol. The Morgan fingerprint density at radius 3 is 2.20 bits per heavy atom. The van der Waals surface area contributed by atoms with E-state index in [1.807, 2.05) is 60.8 Å². The second kappa shape index (κ2) is 4.80. The summed E-state index contributed by atoms with van der Waals surface area (Å²) in [6.45, 7) is 0. The Labute approximate surface area is 94.9 Å². The van der Waals surface area contributed by atoms with Gasteiger partial charge in [-0.15, -0.1) is 12.6 Å². The maximum atomic E-state index is 4.36. The van der Waals surface area contributed by atoms with Gasteiger partial charge in [-0.25, -0.2) is 0 Å². The third kappa shape index (κ3) is 2.96. The number of rotatable bonds is 2. The lowest BCUT2D eigenvalue weighted by Gasteiger charge is -1.94. The third-order valence-electron chi connectivity index (χ3n) is 2.01. The second-order valence-corrected chi connectivity index (χ2v) is 3.70. The van der Waals surface area contributed by atoms with Gasteiger partial charge in [-0.3, -0.25) is 4.99 Å². The monoisotopic (exact) mass is 213 g/mol. The zero-order chi connectivity index (χ0) is 10.5. The van der Waals surface area contributed by atoms with Gasteiger partial charge in [-0.2, -0.15) is 0 Å². The molecular formula is C13H11NS. The Hall–Kier alpha value is -1.54. The van der Waals surface area contributed by atoms with Gasteiger partial charge in [0.1, 0.15) is 0 Å². The van der Waals surface area contributed by atoms with Gasteiger partial charge in [-0.1, -0.05) is 30.3 Å². The van der Waals surface area contributed by atoms with Crippen molar-refractivity contribution in [2.75, 3.05) is 0 Å². The summed E-state index contributed by atoms with van der Waals surface area (Å²) in [5, 5.41) is 0. The minimum Gasteiger partial charge on any atom is -0.256 e. The van der Waals surface area contributed by atoms with Crippen LogP contribution in [0.4, 0.5) is 5.69 Å². The minimum atomic E-state index is 0.965. The van der Waals surface area contributed by atoms with E-state index in [2.05, 4.69) is 17.6 Å². The molecule has 0 radical (unpaired) electrons. The number of hydrogen-bond acceptors (Lipinski definition) is 2. The average molecular weight is 213 g/mol. The van der Waals surface area contributed by atoms with E-state index in [1.165, 1.54) is 0 Å². The van der Waals surface area contributed by atoms with Crippen molar-refractivity contribution in [2.45, 2.75) is 4.90 Å². The minimum absolute atomic E-state index is 0.965. The molecule has 0 fully saturated rings.